The van der Waals surface area contributed by atoms with Gasteiger partial charge >= 0.3 is 17.2 Å². The van der Waals surface area contributed by atoms with E-state index in [0.717, 1.165) is 0 Å². The monoisotopic (exact) mass is 436 g/mol. The van der Waals surface area contributed by atoms with Crippen molar-refractivity contribution in [3.8, 4) is 0 Å². The van der Waals surface area contributed by atoms with E-state index in [0.29, 0.717) is 6.92 Å². The quantitative estimate of drug-likeness (QED) is 0.249. The van der Waals surface area contributed by atoms with Crippen molar-refractivity contribution in [2.24, 2.45) is 0 Å². The normalized spacial score (nSPS) is 14.8. The Bertz CT molecular complexity index is 664. The summed E-state index contributed by atoms with van der Waals surface area (Å²) in [5.74, 6) is 0. The lowest BCUT2D eigenvalue weighted by Crippen LogP contribution is -2.46. The molecule has 154 valence electrons. The SMILES string of the molecule is C=CCCOC(=O)OC(C)CC(S(=O)(=O)C(F)(F)F)S(=O)(=O)C(F)(F)F. The van der Waals surface area contributed by atoms with E-state index >= 15 is 0 Å². The molecule has 0 aliphatic carbocycles. The first-order valence-corrected chi connectivity index (χ1v) is 9.62. The molecule has 1 unspecified atom stereocenters. The van der Waals surface area contributed by atoms with E-state index < -0.39 is 54.0 Å². The lowest BCUT2D eigenvalue weighted by molar-refractivity contribution is -0.0477. The van der Waals surface area contributed by atoms with Crippen molar-refractivity contribution in [2.45, 2.75) is 41.5 Å². The minimum absolute atomic E-state index is 0.150. The van der Waals surface area contributed by atoms with Gasteiger partial charge in [-0.15, -0.1) is 6.58 Å². The molecule has 0 saturated carbocycles. The molecule has 0 heterocycles. The largest absolute Gasteiger partial charge is 0.508 e. The van der Waals surface area contributed by atoms with Gasteiger partial charge in [-0.3, -0.25) is 0 Å². The number of hydrogen-bond donors (Lipinski definition) is 0. The summed E-state index contributed by atoms with van der Waals surface area (Å²) >= 11 is 0. The molecule has 0 aliphatic heterocycles. The van der Waals surface area contributed by atoms with Gasteiger partial charge in [-0.1, -0.05) is 6.08 Å². The topological polar surface area (TPSA) is 104 Å². The summed E-state index contributed by atoms with van der Waals surface area (Å²) in [6, 6.07) is 0. The van der Waals surface area contributed by atoms with E-state index in [4.69, 9.17) is 0 Å². The van der Waals surface area contributed by atoms with Gasteiger partial charge < -0.3 is 9.47 Å². The van der Waals surface area contributed by atoms with Crippen LogP contribution in [0.25, 0.3) is 0 Å². The van der Waals surface area contributed by atoms with Crippen LogP contribution in [0.5, 0.6) is 0 Å². The van der Waals surface area contributed by atoms with Crippen molar-refractivity contribution in [1.82, 2.24) is 0 Å². The molecule has 26 heavy (non-hydrogen) atoms. The Kier molecular flexibility index (Phi) is 7.96. The Morgan fingerprint density at radius 2 is 1.46 bits per heavy atom. The second-order valence-corrected chi connectivity index (χ2v) is 9.29. The van der Waals surface area contributed by atoms with Gasteiger partial charge in [0.1, 0.15) is 6.10 Å². The van der Waals surface area contributed by atoms with E-state index in [2.05, 4.69) is 16.1 Å². The Morgan fingerprint density at radius 1 is 1.04 bits per heavy atom. The molecular weight excluding hydrogens is 422 g/mol. The Morgan fingerprint density at radius 3 is 1.81 bits per heavy atom. The molecule has 0 bridgehead atoms. The van der Waals surface area contributed by atoms with Gasteiger partial charge in [0.05, 0.1) is 6.61 Å². The third-order valence-corrected chi connectivity index (χ3v) is 7.28. The zero-order valence-corrected chi connectivity index (χ0v) is 14.6. The maximum Gasteiger partial charge on any atom is 0.508 e. The van der Waals surface area contributed by atoms with E-state index in [1.165, 1.54) is 6.08 Å². The zero-order valence-electron chi connectivity index (χ0n) is 13.0. The number of sulfone groups is 2. The minimum atomic E-state index is -6.78. The van der Waals surface area contributed by atoms with Crippen LogP contribution in [-0.2, 0) is 29.1 Å². The number of rotatable bonds is 8. The van der Waals surface area contributed by atoms with Crippen LogP contribution in [0.1, 0.15) is 19.8 Å². The molecular formula is C11H14F6O7S2. The maximum absolute atomic E-state index is 12.6. The van der Waals surface area contributed by atoms with Crippen LogP contribution in [0.2, 0.25) is 0 Å². The molecule has 7 nitrogen and oxygen atoms in total. The van der Waals surface area contributed by atoms with Gasteiger partial charge in [-0.05, 0) is 13.3 Å². The minimum Gasteiger partial charge on any atom is -0.434 e. The number of hydrogen-bond acceptors (Lipinski definition) is 7. The van der Waals surface area contributed by atoms with Gasteiger partial charge in [0, 0.05) is 6.42 Å². The highest BCUT2D eigenvalue weighted by molar-refractivity contribution is 8.09. The second-order valence-electron chi connectivity index (χ2n) is 4.75. The lowest BCUT2D eigenvalue weighted by Gasteiger charge is -2.23. The molecule has 0 radical (unpaired) electrons. The highest BCUT2D eigenvalue weighted by Gasteiger charge is 2.63. The summed E-state index contributed by atoms with van der Waals surface area (Å²) in [6.45, 7) is 3.71. The molecule has 0 aromatic heterocycles. The first-order valence-electron chi connectivity index (χ1n) is 6.53. The fourth-order valence-electron chi connectivity index (χ4n) is 1.46. The van der Waals surface area contributed by atoms with Crippen LogP contribution in [0.4, 0.5) is 31.1 Å². The van der Waals surface area contributed by atoms with Gasteiger partial charge in [0.2, 0.25) is 0 Å². The van der Waals surface area contributed by atoms with Crippen molar-refractivity contribution < 1.29 is 57.4 Å². The number of carbonyl (C=O) groups is 1. The van der Waals surface area contributed by atoms with Crippen LogP contribution in [0.3, 0.4) is 0 Å². The Hall–Kier alpha value is -1.51. The third-order valence-electron chi connectivity index (χ3n) is 2.70. The molecule has 0 aromatic carbocycles. The number of carbonyl (C=O) groups excluding carboxylic acids is 1. The van der Waals surface area contributed by atoms with E-state index in [-0.39, 0.29) is 13.0 Å². The average molecular weight is 436 g/mol. The van der Waals surface area contributed by atoms with Crippen LogP contribution >= 0.6 is 0 Å². The summed E-state index contributed by atoms with van der Waals surface area (Å²) in [5.41, 5.74) is -12.6. The number of alkyl halides is 6. The van der Waals surface area contributed by atoms with Crippen LogP contribution in [0.15, 0.2) is 12.7 Å². The Labute approximate surface area is 144 Å². The molecule has 0 N–H and O–H groups in total. The predicted octanol–water partition coefficient (Wildman–Crippen LogP) is 2.69. The van der Waals surface area contributed by atoms with Crippen LogP contribution in [-0.4, -0.2) is 51.3 Å². The molecule has 0 rings (SSSR count). The summed E-state index contributed by atoms with van der Waals surface area (Å²) in [4.78, 5) is 11.2. The maximum atomic E-state index is 12.6. The van der Waals surface area contributed by atoms with Crippen molar-refractivity contribution >= 4 is 25.8 Å². The van der Waals surface area contributed by atoms with Crippen LogP contribution in [0, 0.1) is 0 Å². The van der Waals surface area contributed by atoms with Gasteiger partial charge in [0.15, 0.2) is 4.58 Å². The molecule has 0 fully saturated rings. The van der Waals surface area contributed by atoms with Gasteiger partial charge in [0.25, 0.3) is 19.7 Å². The molecule has 0 aliphatic rings. The first-order chi connectivity index (χ1) is 11.5. The first kappa shape index (κ1) is 24.5. The average Bonchev–Trinajstić information content (AvgIpc) is 2.42. The second kappa shape index (κ2) is 8.45. The molecule has 1 atom stereocenters. The smallest absolute Gasteiger partial charge is 0.434 e. The fourth-order valence-corrected chi connectivity index (χ4v) is 5.10. The summed E-state index contributed by atoms with van der Waals surface area (Å²) in [5, 5.41) is 0. The Balaban J connectivity index is 5.60. The van der Waals surface area contributed by atoms with Crippen molar-refractivity contribution in [3.63, 3.8) is 0 Å². The summed E-state index contributed by atoms with van der Waals surface area (Å²) in [7, 11) is -13.6. The van der Waals surface area contributed by atoms with Crippen molar-refractivity contribution in [2.75, 3.05) is 6.61 Å². The van der Waals surface area contributed by atoms with Crippen molar-refractivity contribution in [3.05, 3.63) is 12.7 Å². The van der Waals surface area contributed by atoms with Gasteiger partial charge in [-0.25, -0.2) is 21.6 Å². The molecule has 15 heteroatoms. The lowest BCUT2D eigenvalue weighted by atomic mass is 10.3. The number of halogens is 6. The highest BCUT2D eigenvalue weighted by Crippen LogP contribution is 2.38. The van der Waals surface area contributed by atoms with E-state index in [1.54, 1.807) is 0 Å². The highest BCUT2D eigenvalue weighted by atomic mass is 32.3. The van der Waals surface area contributed by atoms with E-state index in [1.807, 2.05) is 0 Å². The summed E-state index contributed by atoms with van der Waals surface area (Å²) in [6.07, 6.45) is -3.83. The fraction of sp³-hybridized carbons (Fsp3) is 0.727. The molecule has 0 saturated heterocycles. The van der Waals surface area contributed by atoms with Crippen LogP contribution < -0.4 is 0 Å². The molecule has 0 spiro atoms. The standard InChI is InChI=1S/C11H14F6O7S2/c1-3-4-5-23-9(18)24-7(2)6-8(25(19,20)10(12,13)14)26(21,22)11(15,16)17/h3,7-8H,1,4-6H2,2H3. The third kappa shape index (κ3) is 6.03. The molecule has 0 amide bonds. The summed E-state index contributed by atoms with van der Waals surface area (Å²) < 4.78 is 125. The van der Waals surface area contributed by atoms with E-state index in [9.17, 15) is 48.0 Å². The van der Waals surface area contributed by atoms with Crippen molar-refractivity contribution in [1.29, 1.82) is 0 Å². The number of ether oxygens (including phenoxy) is 2. The predicted molar refractivity (Wildman–Crippen MR) is 75.1 cm³/mol. The zero-order chi connectivity index (χ0) is 21.0. The van der Waals surface area contributed by atoms with Gasteiger partial charge in [-0.2, -0.15) is 26.3 Å². The molecule has 0 aromatic rings.